The fourth-order valence-electron chi connectivity index (χ4n) is 2.43. The van der Waals surface area contributed by atoms with Crippen LogP contribution in [0.3, 0.4) is 0 Å². The van der Waals surface area contributed by atoms with Crippen molar-refractivity contribution in [3.05, 3.63) is 46.7 Å². The molecule has 0 spiro atoms. The van der Waals surface area contributed by atoms with Crippen LogP contribution in [0.1, 0.15) is 24.1 Å². The predicted octanol–water partition coefficient (Wildman–Crippen LogP) is 1.98. The van der Waals surface area contributed by atoms with Gasteiger partial charge in [0.2, 0.25) is 5.91 Å². The average molecular weight is 413 g/mol. The number of carbonyl (C=O) groups excluding carboxylic acids is 2. The molecular weight excluding hydrogens is 392 g/mol. The molecule has 1 aromatic heterocycles. The van der Waals surface area contributed by atoms with Crippen LogP contribution in [0.2, 0.25) is 5.15 Å². The number of imide groups is 1. The zero-order valence-electron chi connectivity index (χ0n) is 15.0. The Morgan fingerprint density at radius 1 is 1.22 bits per heavy atom. The van der Waals surface area contributed by atoms with Gasteiger partial charge in [0.25, 0.3) is 0 Å². The van der Waals surface area contributed by atoms with Crippen molar-refractivity contribution in [1.82, 2.24) is 20.4 Å². The standard InChI is InChI=1S/C17H21ClN4O4S/c1-12-14(16(18)22(21-12)13-7-4-3-5-8-13)11-27(25,26)10-6-9-15(23)20-17(24)19-2/h3-5,7-8H,6,9-11H2,1-2H3,(H2,19,20,23,24). The Labute approximate surface area is 162 Å². The number of aryl methyl sites for hydroxylation is 1. The van der Waals surface area contributed by atoms with Gasteiger partial charge in [-0.05, 0) is 25.5 Å². The zero-order valence-corrected chi connectivity index (χ0v) is 16.6. The number of halogens is 1. The number of nitrogens with one attached hydrogen (secondary N) is 2. The molecule has 0 atom stereocenters. The monoisotopic (exact) mass is 412 g/mol. The molecule has 3 amide bonds. The van der Waals surface area contributed by atoms with E-state index in [-0.39, 0.29) is 29.5 Å². The third kappa shape index (κ3) is 5.80. The van der Waals surface area contributed by atoms with E-state index in [1.54, 1.807) is 6.92 Å². The number of rotatable bonds is 7. The van der Waals surface area contributed by atoms with Gasteiger partial charge in [-0.15, -0.1) is 0 Å². The van der Waals surface area contributed by atoms with Crippen molar-refractivity contribution >= 4 is 33.4 Å². The van der Waals surface area contributed by atoms with Crippen molar-refractivity contribution in [3.63, 3.8) is 0 Å². The highest BCUT2D eigenvalue weighted by Crippen LogP contribution is 2.25. The summed E-state index contributed by atoms with van der Waals surface area (Å²) in [4.78, 5) is 22.6. The van der Waals surface area contributed by atoms with Crippen LogP contribution in [0.5, 0.6) is 0 Å². The Morgan fingerprint density at radius 3 is 2.52 bits per heavy atom. The van der Waals surface area contributed by atoms with Gasteiger partial charge in [-0.25, -0.2) is 17.9 Å². The molecule has 10 heteroatoms. The molecule has 27 heavy (non-hydrogen) atoms. The predicted molar refractivity (Wildman–Crippen MR) is 103 cm³/mol. The van der Waals surface area contributed by atoms with Crippen molar-refractivity contribution in [3.8, 4) is 5.69 Å². The van der Waals surface area contributed by atoms with E-state index in [2.05, 4.69) is 15.7 Å². The van der Waals surface area contributed by atoms with Gasteiger partial charge in [0.15, 0.2) is 9.84 Å². The second-order valence-corrected chi connectivity index (χ2v) is 8.47. The Morgan fingerprint density at radius 2 is 1.89 bits per heavy atom. The second kappa shape index (κ2) is 9.01. The molecule has 0 aliphatic heterocycles. The van der Waals surface area contributed by atoms with Crippen LogP contribution in [0.4, 0.5) is 4.79 Å². The van der Waals surface area contributed by atoms with Crippen LogP contribution in [-0.2, 0) is 20.4 Å². The number of hydrogen-bond acceptors (Lipinski definition) is 5. The summed E-state index contributed by atoms with van der Waals surface area (Å²) in [5, 5.41) is 8.91. The summed E-state index contributed by atoms with van der Waals surface area (Å²) in [5.41, 5.74) is 1.71. The van der Waals surface area contributed by atoms with Crippen LogP contribution >= 0.6 is 11.6 Å². The molecule has 1 heterocycles. The van der Waals surface area contributed by atoms with Gasteiger partial charge in [-0.2, -0.15) is 5.10 Å². The van der Waals surface area contributed by atoms with E-state index in [1.807, 2.05) is 30.3 Å². The molecule has 0 saturated heterocycles. The highest BCUT2D eigenvalue weighted by molar-refractivity contribution is 7.90. The van der Waals surface area contributed by atoms with Gasteiger partial charge < -0.3 is 5.32 Å². The number of benzene rings is 1. The van der Waals surface area contributed by atoms with Crippen LogP contribution in [0.15, 0.2) is 30.3 Å². The quantitative estimate of drug-likeness (QED) is 0.722. The molecule has 0 aliphatic rings. The van der Waals surface area contributed by atoms with Gasteiger partial charge in [0, 0.05) is 19.0 Å². The maximum atomic E-state index is 12.4. The Bertz CT molecular complexity index is 926. The molecule has 1 aromatic carbocycles. The molecule has 0 radical (unpaired) electrons. The number of hydrogen-bond donors (Lipinski definition) is 2. The molecule has 146 valence electrons. The lowest BCUT2D eigenvalue weighted by Crippen LogP contribution is -2.37. The van der Waals surface area contributed by atoms with E-state index in [0.29, 0.717) is 11.3 Å². The van der Waals surface area contributed by atoms with Crippen molar-refractivity contribution in [2.24, 2.45) is 0 Å². The molecule has 0 saturated carbocycles. The molecule has 2 N–H and O–H groups in total. The summed E-state index contributed by atoms with van der Waals surface area (Å²) < 4.78 is 26.3. The van der Waals surface area contributed by atoms with Crippen molar-refractivity contribution < 1.29 is 18.0 Å². The minimum absolute atomic E-state index is 0.0668. The lowest BCUT2D eigenvalue weighted by Gasteiger charge is -2.06. The van der Waals surface area contributed by atoms with Crippen LogP contribution in [0.25, 0.3) is 5.69 Å². The first-order valence-electron chi connectivity index (χ1n) is 8.25. The summed E-state index contributed by atoms with van der Waals surface area (Å²) in [7, 11) is -2.11. The van der Waals surface area contributed by atoms with Gasteiger partial charge in [-0.3, -0.25) is 10.1 Å². The first-order chi connectivity index (χ1) is 12.7. The molecule has 2 rings (SSSR count). The van der Waals surface area contributed by atoms with Gasteiger partial charge in [-0.1, -0.05) is 29.8 Å². The SMILES string of the molecule is CNC(=O)NC(=O)CCCS(=O)(=O)Cc1c(C)nn(-c2ccccc2)c1Cl. The molecule has 0 aliphatic carbocycles. The normalized spacial score (nSPS) is 11.2. The van der Waals surface area contributed by atoms with Crippen molar-refractivity contribution in [2.45, 2.75) is 25.5 Å². The molecule has 0 fully saturated rings. The maximum Gasteiger partial charge on any atom is 0.321 e. The molecule has 0 unspecified atom stereocenters. The largest absolute Gasteiger partial charge is 0.341 e. The van der Waals surface area contributed by atoms with E-state index in [0.717, 1.165) is 5.69 Å². The first-order valence-corrected chi connectivity index (χ1v) is 10.4. The Balaban J connectivity index is 2.02. The number of carbonyl (C=O) groups is 2. The molecule has 2 aromatic rings. The third-order valence-electron chi connectivity index (χ3n) is 3.83. The topological polar surface area (TPSA) is 110 Å². The minimum Gasteiger partial charge on any atom is -0.341 e. The average Bonchev–Trinajstić information content (AvgIpc) is 2.90. The number of urea groups is 1. The van der Waals surface area contributed by atoms with E-state index >= 15 is 0 Å². The van der Waals surface area contributed by atoms with E-state index in [4.69, 9.17) is 11.6 Å². The van der Waals surface area contributed by atoms with Crippen LogP contribution < -0.4 is 10.6 Å². The Hall–Kier alpha value is -2.39. The zero-order chi connectivity index (χ0) is 20.0. The number of aromatic nitrogens is 2. The van der Waals surface area contributed by atoms with Gasteiger partial charge >= 0.3 is 6.03 Å². The summed E-state index contributed by atoms with van der Waals surface area (Å²) in [6.45, 7) is 1.70. The number of sulfone groups is 1. The van der Waals surface area contributed by atoms with Crippen LogP contribution in [-0.4, -0.2) is 42.9 Å². The second-order valence-electron chi connectivity index (χ2n) is 5.93. The number of para-hydroxylation sites is 1. The lowest BCUT2D eigenvalue weighted by atomic mass is 10.3. The minimum atomic E-state index is -3.50. The third-order valence-corrected chi connectivity index (χ3v) is 5.85. The first kappa shape index (κ1) is 20.9. The van der Waals surface area contributed by atoms with Crippen LogP contribution in [0, 0.1) is 6.92 Å². The van der Waals surface area contributed by atoms with Crippen molar-refractivity contribution in [1.29, 1.82) is 0 Å². The maximum absolute atomic E-state index is 12.4. The fraction of sp³-hybridized carbons (Fsp3) is 0.353. The molecular formula is C17H21ClN4O4S. The lowest BCUT2D eigenvalue weighted by molar-refractivity contribution is -0.120. The smallest absolute Gasteiger partial charge is 0.321 e. The number of nitrogens with zero attached hydrogens (tertiary/aromatic N) is 2. The van der Waals surface area contributed by atoms with E-state index < -0.39 is 21.8 Å². The summed E-state index contributed by atoms with van der Waals surface area (Å²) in [5.74, 6) is -0.988. The highest BCUT2D eigenvalue weighted by Gasteiger charge is 2.21. The number of amides is 3. The fourth-order valence-corrected chi connectivity index (χ4v) is 4.36. The van der Waals surface area contributed by atoms with Crippen molar-refractivity contribution in [2.75, 3.05) is 12.8 Å². The molecule has 8 nitrogen and oxygen atoms in total. The summed E-state index contributed by atoms with van der Waals surface area (Å²) in [6, 6.07) is 8.55. The van der Waals surface area contributed by atoms with Gasteiger partial charge in [0.05, 0.1) is 22.9 Å². The summed E-state index contributed by atoms with van der Waals surface area (Å²) >= 11 is 6.36. The van der Waals surface area contributed by atoms with E-state index in [9.17, 15) is 18.0 Å². The van der Waals surface area contributed by atoms with E-state index in [1.165, 1.54) is 11.7 Å². The Kier molecular flexibility index (Phi) is 6.98. The summed E-state index contributed by atoms with van der Waals surface area (Å²) in [6.07, 6.45) is 0.0390. The molecule has 0 bridgehead atoms. The van der Waals surface area contributed by atoms with Gasteiger partial charge in [0.1, 0.15) is 5.15 Å². The highest BCUT2D eigenvalue weighted by atomic mass is 35.5.